The molecule has 0 aliphatic rings. The molecule has 1 unspecified atom stereocenters. The summed E-state index contributed by atoms with van der Waals surface area (Å²) in [7, 11) is 0. The Bertz CT molecular complexity index is 860. The van der Waals surface area contributed by atoms with Gasteiger partial charge < -0.3 is 5.32 Å². The van der Waals surface area contributed by atoms with E-state index in [1.165, 1.54) is 24.3 Å². The van der Waals surface area contributed by atoms with Crippen molar-refractivity contribution >= 4 is 28.6 Å². The van der Waals surface area contributed by atoms with Gasteiger partial charge in [-0.25, -0.2) is 0 Å². The summed E-state index contributed by atoms with van der Waals surface area (Å²) in [5.41, 5.74) is 1.35. The first-order chi connectivity index (χ1) is 12.6. The molecule has 0 aliphatic carbocycles. The average Bonchev–Trinajstić information content (AvgIpc) is 2.60. The van der Waals surface area contributed by atoms with Gasteiger partial charge in [0.2, 0.25) is 0 Å². The predicted octanol–water partition coefficient (Wildman–Crippen LogP) is 4.75. The van der Waals surface area contributed by atoms with Crippen LogP contribution in [-0.2, 0) is 6.42 Å². The first-order valence-corrected chi connectivity index (χ1v) is 8.77. The molecule has 0 saturated carbocycles. The van der Waals surface area contributed by atoms with Gasteiger partial charge in [-0.2, -0.15) is 0 Å². The lowest BCUT2D eigenvalue weighted by atomic mass is 9.93. The first-order valence-electron chi connectivity index (χ1n) is 8.36. The molecule has 0 bridgehead atoms. The highest BCUT2D eigenvalue weighted by Crippen LogP contribution is 2.26. The van der Waals surface area contributed by atoms with Crippen molar-refractivity contribution in [2.45, 2.75) is 33.2 Å². The smallest absolute Gasteiger partial charge is 0.269 e. The summed E-state index contributed by atoms with van der Waals surface area (Å²) in [6.07, 6.45) is 0.482. The molecule has 1 atom stereocenters. The molecule has 27 heavy (non-hydrogen) atoms. The maximum absolute atomic E-state index is 11.1. The zero-order valence-corrected chi connectivity index (χ0v) is 16.2. The highest BCUT2D eigenvalue weighted by atomic mass is 32.1. The van der Waals surface area contributed by atoms with Crippen LogP contribution in [0.15, 0.2) is 48.5 Å². The van der Waals surface area contributed by atoms with E-state index < -0.39 is 9.85 Å². The van der Waals surface area contributed by atoms with Crippen molar-refractivity contribution in [2.24, 2.45) is 5.41 Å². The van der Waals surface area contributed by atoms with Crippen LogP contribution in [0.25, 0.3) is 0 Å². The van der Waals surface area contributed by atoms with E-state index in [-0.39, 0.29) is 22.8 Å². The molecule has 0 amide bonds. The third kappa shape index (κ3) is 5.55. The Balaban J connectivity index is 2.34. The van der Waals surface area contributed by atoms with E-state index in [0.717, 1.165) is 11.1 Å². The molecule has 2 aromatic carbocycles. The lowest BCUT2D eigenvalue weighted by Gasteiger charge is -2.27. The fraction of sp³-hybridized carbons (Fsp3) is 0.316. The van der Waals surface area contributed by atoms with Crippen molar-refractivity contribution in [3.8, 4) is 0 Å². The van der Waals surface area contributed by atoms with Gasteiger partial charge in [0, 0.05) is 29.7 Å². The van der Waals surface area contributed by atoms with Crippen LogP contribution in [0.3, 0.4) is 0 Å². The minimum atomic E-state index is -0.450. The number of nitrogens with zero attached hydrogens (tertiary/aromatic N) is 2. The van der Waals surface area contributed by atoms with Gasteiger partial charge in [0.1, 0.15) is 0 Å². The van der Waals surface area contributed by atoms with Crippen LogP contribution >= 0.6 is 12.2 Å². The molecule has 0 spiro atoms. The number of rotatable bonds is 6. The Hall–Kier alpha value is -2.87. The molecule has 0 saturated heterocycles. The van der Waals surface area contributed by atoms with E-state index in [1.807, 2.05) is 20.8 Å². The fourth-order valence-electron chi connectivity index (χ4n) is 2.47. The van der Waals surface area contributed by atoms with Gasteiger partial charge in [-0.15, -0.1) is 0 Å². The molecule has 1 N–H and O–H groups in total. The Morgan fingerprint density at radius 2 is 1.63 bits per heavy atom. The minimum absolute atomic E-state index is 0.00433. The zero-order chi connectivity index (χ0) is 20.2. The normalized spacial score (nSPS) is 12.3. The lowest BCUT2D eigenvalue weighted by molar-refractivity contribution is -0.385. The molecule has 2 rings (SSSR count). The molecule has 0 heterocycles. The SMILES string of the molecule is CC(C)(C)C(=S)NC(Cc1ccc([N+](=O)[O-])cc1)c1cccc([N+](=O)[O-])c1. The van der Waals surface area contributed by atoms with E-state index in [4.69, 9.17) is 12.2 Å². The van der Waals surface area contributed by atoms with Crippen molar-refractivity contribution in [1.82, 2.24) is 5.32 Å². The molecule has 2 aromatic rings. The van der Waals surface area contributed by atoms with Crippen LogP contribution in [-0.4, -0.2) is 14.8 Å². The number of nitro groups is 2. The van der Waals surface area contributed by atoms with Crippen LogP contribution in [0, 0.1) is 25.6 Å². The minimum Gasteiger partial charge on any atom is -0.372 e. The summed E-state index contributed by atoms with van der Waals surface area (Å²) in [5, 5.41) is 25.2. The highest BCUT2D eigenvalue weighted by Gasteiger charge is 2.23. The quantitative estimate of drug-likeness (QED) is 0.436. The van der Waals surface area contributed by atoms with Gasteiger partial charge in [-0.1, -0.05) is 57.3 Å². The zero-order valence-electron chi connectivity index (χ0n) is 15.3. The van der Waals surface area contributed by atoms with Gasteiger partial charge in [-0.3, -0.25) is 20.2 Å². The molecule has 0 radical (unpaired) electrons. The molecular weight excluding hydrogens is 366 g/mol. The van der Waals surface area contributed by atoms with Gasteiger partial charge in [0.25, 0.3) is 11.4 Å². The summed E-state index contributed by atoms with van der Waals surface area (Å²) in [6.45, 7) is 5.95. The highest BCUT2D eigenvalue weighted by molar-refractivity contribution is 7.80. The van der Waals surface area contributed by atoms with Gasteiger partial charge >= 0.3 is 0 Å². The van der Waals surface area contributed by atoms with E-state index in [9.17, 15) is 20.2 Å². The number of thiocarbonyl (C=S) groups is 1. The fourth-order valence-corrected chi connectivity index (χ4v) is 2.61. The third-order valence-electron chi connectivity index (χ3n) is 4.06. The number of non-ortho nitro benzene ring substituents is 2. The second-order valence-electron chi connectivity index (χ2n) is 7.26. The number of hydrogen-bond donors (Lipinski definition) is 1. The van der Waals surface area contributed by atoms with Crippen LogP contribution in [0.1, 0.15) is 37.9 Å². The standard InChI is InChI=1S/C19H21N3O4S/c1-19(2,3)18(27)20-17(14-5-4-6-16(12-14)22(25)26)11-13-7-9-15(10-8-13)21(23)24/h4-10,12,17H,11H2,1-3H3,(H,20,27). The van der Waals surface area contributed by atoms with Crippen LogP contribution in [0.2, 0.25) is 0 Å². The number of nitrogens with one attached hydrogen (secondary N) is 1. The third-order valence-corrected chi connectivity index (χ3v) is 4.79. The van der Waals surface area contributed by atoms with Crippen LogP contribution in [0.4, 0.5) is 11.4 Å². The molecule has 0 aliphatic heterocycles. The van der Waals surface area contributed by atoms with Gasteiger partial charge in [-0.05, 0) is 17.5 Å². The number of hydrogen-bond acceptors (Lipinski definition) is 5. The van der Waals surface area contributed by atoms with Crippen LogP contribution < -0.4 is 5.32 Å². The summed E-state index contributed by atoms with van der Waals surface area (Å²) >= 11 is 5.49. The van der Waals surface area contributed by atoms with E-state index in [0.29, 0.717) is 11.4 Å². The number of nitro benzene ring substituents is 2. The van der Waals surface area contributed by atoms with Gasteiger partial charge in [0.15, 0.2) is 0 Å². The topological polar surface area (TPSA) is 98.3 Å². The Morgan fingerprint density at radius 3 is 2.15 bits per heavy atom. The summed E-state index contributed by atoms with van der Waals surface area (Å²) in [6, 6.07) is 12.4. The Morgan fingerprint density at radius 1 is 1.04 bits per heavy atom. The van der Waals surface area contributed by atoms with Crippen molar-refractivity contribution < 1.29 is 9.85 Å². The molecule has 0 aromatic heterocycles. The van der Waals surface area contributed by atoms with Crippen molar-refractivity contribution in [3.05, 3.63) is 79.9 Å². The average molecular weight is 387 g/mol. The van der Waals surface area contributed by atoms with E-state index >= 15 is 0 Å². The van der Waals surface area contributed by atoms with E-state index in [2.05, 4.69) is 5.32 Å². The molecular formula is C19H21N3O4S. The van der Waals surface area contributed by atoms with E-state index in [1.54, 1.807) is 24.3 Å². The predicted molar refractivity (Wildman–Crippen MR) is 108 cm³/mol. The maximum atomic E-state index is 11.1. The van der Waals surface area contributed by atoms with Crippen molar-refractivity contribution in [3.63, 3.8) is 0 Å². The van der Waals surface area contributed by atoms with Crippen LogP contribution in [0.5, 0.6) is 0 Å². The number of benzene rings is 2. The monoisotopic (exact) mass is 387 g/mol. The van der Waals surface area contributed by atoms with Crippen molar-refractivity contribution in [2.75, 3.05) is 0 Å². The van der Waals surface area contributed by atoms with Gasteiger partial charge in [0.05, 0.1) is 20.9 Å². The summed E-state index contributed by atoms with van der Waals surface area (Å²) < 4.78 is 0. The summed E-state index contributed by atoms with van der Waals surface area (Å²) in [5.74, 6) is 0. The largest absolute Gasteiger partial charge is 0.372 e. The molecule has 0 fully saturated rings. The first kappa shape index (κ1) is 20.4. The Labute approximate surface area is 162 Å². The molecule has 8 heteroatoms. The summed E-state index contributed by atoms with van der Waals surface area (Å²) in [4.78, 5) is 21.7. The van der Waals surface area contributed by atoms with Crippen molar-refractivity contribution in [1.29, 1.82) is 0 Å². The lowest BCUT2D eigenvalue weighted by Crippen LogP contribution is -2.36. The second kappa shape index (κ2) is 8.22. The molecule has 142 valence electrons. The molecule has 7 nitrogen and oxygen atoms in total. The second-order valence-corrected chi connectivity index (χ2v) is 7.66. The Kier molecular flexibility index (Phi) is 6.22. The maximum Gasteiger partial charge on any atom is 0.269 e.